The minimum atomic E-state index is -0.799. The molecule has 0 aliphatic rings. The first-order valence-corrected chi connectivity index (χ1v) is 30.0. The number of rotatable bonds is 53. The second-order valence-electron chi connectivity index (χ2n) is 19.5. The second-order valence-corrected chi connectivity index (χ2v) is 19.5. The summed E-state index contributed by atoms with van der Waals surface area (Å²) in [7, 11) is 0. The van der Waals surface area contributed by atoms with Gasteiger partial charge in [-0.25, -0.2) is 0 Å². The summed E-state index contributed by atoms with van der Waals surface area (Å²) < 4.78 is 16.9. The lowest BCUT2D eigenvalue weighted by molar-refractivity contribution is -0.167. The number of hydrogen-bond acceptors (Lipinski definition) is 6. The average Bonchev–Trinajstić information content (AvgIpc) is 3.39. The second kappa shape index (κ2) is 60.4. The van der Waals surface area contributed by atoms with Gasteiger partial charge in [-0.15, -0.1) is 0 Å². The van der Waals surface area contributed by atoms with Crippen molar-refractivity contribution in [2.24, 2.45) is 0 Å². The van der Waals surface area contributed by atoms with Crippen LogP contribution in [0.3, 0.4) is 0 Å². The average molecular weight is 1010 g/mol. The van der Waals surface area contributed by atoms with Crippen molar-refractivity contribution in [1.82, 2.24) is 0 Å². The van der Waals surface area contributed by atoms with E-state index in [1.54, 1.807) is 0 Å². The molecule has 0 aliphatic carbocycles. The van der Waals surface area contributed by atoms with Crippen LogP contribution in [0.25, 0.3) is 0 Å². The molecule has 0 radical (unpaired) electrons. The van der Waals surface area contributed by atoms with Crippen LogP contribution >= 0.6 is 0 Å². The molecule has 73 heavy (non-hydrogen) atoms. The van der Waals surface area contributed by atoms with E-state index in [9.17, 15) is 14.4 Å². The van der Waals surface area contributed by atoms with Crippen molar-refractivity contribution in [2.45, 2.75) is 271 Å². The van der Waals surface area contributed by atoms with E-state index in [4.69, 9.17) is 14.2 Å². The Balaban J connectivity index is 4.43. The molecule has 0 aliphatic heterocycles. The quantitative estimate of drug-likeness (QED) is 0.0261. The predicted octanol–water partition coefficient (Wildman–Crippen LogP) is 20.4. The highest BCUT2D eigenvalue weighted by molar-refractivity contribution is 5.71. The Hall–Kier alpha value is -4.19. The van der Waals surface area contributed by atoms with E-state index < -0.39 is 6.10 Å². The van der Waals surface area contributed by atoms with Crippen molar-refractivity contribution >= 4 is 17.9 Å². The van der Waals surface area contributed by atoms with Gasteiger partial charge in [-0.3, -0.25) is 14.4 Å². The van der Waals surface area contributed by atoms with E-state index in [0.29, 0.717) is 19.3 Å². The molecule has 6 nitrogen and oxygen atoms in total. The molecule has 0 bridgehead atoms. The minimum Gasteiger partial charge on any atom is -0.462 e. The Morgan fingerprint density at radius 3 is 0.836 bits per heavy atom. The molecule has 414 valence electrons. The first kappa shape index (κ1) is 68.8. The van der Waals surface area contributed by atoms with Crippen molar-refractivity contribution in [2.75, 3.05) is 13.2 Å². The number of allylic oxidation sites excluding steroid dienone is 20. The Kier molecular flexibility index (Phi) is 56.9. The molecular formula is C67H110O6. The molecule has 0 aromatic carbocycles. The highest BCUT2D eigenvalue weighted by Crippen LogP contribution is 2.14. The van der Waals surface area contributed by atoms with Gasteiger partial charge in [0.2, 0.25) is 0 Å². The lowest BCUT2D eigenvalue weighted by Gasteiger charge is -2.18. The number of carbonyl (C=O) groups excluding carboxylic acids is 3. The molecular weight excluding hydrogens is 901 g/mol. The zero-order valence-electron chi connectivity index (χ0n) is 47.4. The van der Waals surface area contributed by atoms with E-state index in [0.717, 1.165) is 148 Å². The van der Waals surface area contributed by atoms with E-state index >= 15 is 0 Å². The molecule has 0 N–H and O–H groups in total. The summed E-state index contributed by atoms with van der Waals surface area (Å²) in [6.07, 6.45) is 83.3. The summed E-state index contributed by atoms with van der Waals surface area (Å²) in [5.74, 6) is -0.929. The summed E-state index contributed by atoms with van der Waals surface area (Å²) >= 11 is 0. The summed E-state index contributed by atoms with van der Waals surface area (Å²) in [6, 6.07) is 0. The van der Waals surface area contributed by atoms with E-state index in [2.05, 4.69) is 142 Å². The van der Waals surface area contributed by atoms with Gasteiger partial charge in [0.15, 0.2) is 6.10 Å². The molecule has 0 heterocycles. The first-order chi connectivity index (χ1) is 36.0. The van der Waals surface area contributed by atoms with Gasteiger partial charge in [-0.05, 0) is 128 Å². The smallest absolute Gasteiger partial charge is 0.306 e. The molecule has 6 heteroatoms. The summed E-state index contributed by atoms with van der Waals surface area (Å²) in [6.45, 7) is 6.36. The minimum absolute atomic E-state index is 0.0955. The fraction of sp³-hybridized carbons (Fsp3) is 0.657. The SMILES string of the molecule is CC/C=C\C/C=C\C/C=C\C/C=C\C/C=C\CCCCCCCCCC(=O)OCC(COC(=O)CCCCCCC/C=C\C/C=C\C/C=C\CC)OC(=O)CCCCCCCCC/C=C\C/C=C\CCCCC. The van der Waals surface area contributed by atoms with Crippen LogP contribution in [-0.4, -0.2) is 37.2 Å². The fourth-order valence-electron chi connectivity index (χ4n) is 7.98. The number of carbonyl (C=O) groups is 3. The molecule has 0 saturated heterocycles. The first-order valence-electron chi connectivity index (χ1n) is 30.0. The third-order valence-corrected chi connectivity index (χ3v) is 12.4. The van der Waals surface area contributed by atoms with Crippen LogP contribution in [0.2, 0.25) is 0 Å². The van der Waals surface area contributed by atoms with Crippen molar-refractivity contribution in [3.05, 3.63) is 122 Å². The topological polar surface area (TPSA) is 78.9 Å². The Morgan fingerprint density at radius 2 is 0.534 bits per heavy atom. The predicted molar refractivity (Wildman–Crippen MR) is 316 cm³/mol. The van der Waals surface area contributed by atoms with Crippen LogP contribution in [0, 0.1) is 0 Å². The van der Waals surface area contributed by atoms with Crippen LogP contribution in [-0.2, 0) is 28.6 Å². The van der Waals surface area contributed by atoms with Crippen LogP contribution < -0.4 is 0 Å². The van der Waals surface area contributed by atoms with Crippen LogP contribution in [0.4, 0.5) is 0 Å². The zero-order valence-corrected chi connectivity index (χ0v) is 47.4. The molecule has 1 atom stereocenters. The van der Waals surface area contributed by atoms with Gasteiger partial charge in [0.25, 0.3) is 0 Å². The van der Waals surface area contributed by atoms with Crippen molar-refractivity contribution in [1.29, 1.82) is 0 Å². The molecule has 0 rings (SSSR count). The van der Waals surface area contributed by atoms with E-state index in [1.165, 1.54) is 77.0 Å². The van der Waals surface area contributed by atoms with Gasteiger partial charge in [0.05, 0.1) is 0 Å². The van der Waals surface area contributed by atoms with Gasteiger partial charge in [-0.1, -0.05) is 239 Å². The Labute approximate surface area is 450 Å². The van der Waals surface area contributed by atoms with Crippen molar-refractivity contribution in [3.8, 4) is 0 Å². The number of esters is 3. The standard InChI is InChI=1S/C67H110O6/c1-4-7-10-13-16-19-22-25-28-30-31-32-33-34-35-37-39-42-45-48-51-54-57-60-66(69)72-63-64(62-71-65(68)59-56-53-50-47-44-41-38-27-24-21-18-15-12-9-6-3)73-67(70)61-58-55-52-49-46-43-40-36-29-26-23-20-17-14-11-8-5-2/h7,9-10,12,16-21,25-29,31-32,34-35,38,64H,4-6,8,11,13-15,22-24,30,33,36-37,39-63H2,1-3H3/b10-7-,12-9-,19-16-,20-17-,21-18-,28-25-,29-26-,32-31-,35-34-,38-27-. The van der Waals surface area contributed by atoms with Crippen LogP contribution in [0.1, 0.15) is 265 Å². The molecule has 0 aromatic heterocycles. The van der Waals surface area contributed by atoms with Gasteiger partial charge < -0.3 is 14.2 Å². The fourth-order valence-corrected chi connectivity index (χ4v) is 7.98. The number of ether oxygens (including phenoxy) is 3. The zero-order chi connectivity index (χ0) is 52.9. The lowest BCUT2D eigenvalue weighted by Crippen LogP contribution is -2.30. The maximum absolute atomic E-state index is 12.9. The highest BCUT2D eigenvalue weighted by atomic mass is 16.6. The largest absolute Gasteiger partial charge is 0.462 e. The maximum Gasteiger partial charge on any atom is 0.306 e. The van der Waals surface area contributed by atoms with Gasteiger partial charge in [0, 0.05) is 19.3 Å². The third-order valence-electron chi connectivity index (χ3n) is 12.4. The number of unbranched alkanes of at least 4 members (excludes halogenated alkanes) is 22. The van der Waals surface area contributed by atoms with Crippen LogP contribution in [0.5, 0.6) is 0 Å². The molecule has 0 spiro atoms. The summed E-state index contributed by atoms with van der Waals surface area (Å²) in [5, 5.41) is 0. The van der Waals surface area contributed by atoms with Gasteiger partial charge in [-0.2, -0.15) is 0 Å². The van der Waals surface area contributed by atoms with E-state index in [1.807, 2.05) is 0 Å². The molecule has 1 unspecified atom stereocenters. The van der Waals surface area contributed by atoms with E-state index in [-0.39, 0.29) is 31.1 Å². The number of hydrogen-bond donors (Lipinski definition) is 0. The molecule has 0 saturated carbocycles. The summed E-state index contributed by atoms with van der Waals surface area (Å²) in [5.41, 5.74) is 0. The monoisotopic (exact) mass is 1010 g/mol. The lowest BCUT2D eigenvalue weighted by atomic mass is 10.1. The van der Waals surface area contributed by atoms with Crippen molar-refractivity contribution < 1.29 is 28.6 Å². The van der Waals surface area contributed by atoms with Gasteiger partial charge in [0.1, 0.15) is 13.2 Å². The van der Waals surface area contributed by atoms with Crippen molar-refractivity contribution in [3.63, 3.8) is 0 Å². The maximum atomic E-state index is 12.9. The van der Waals surface area contributed by atoms with Crippen LogP contribution in [0.15, 0.2) is 122 Å². The summed E-state index contributed by atoms with van der Waals surface area (Å²) in [4.78, 5) is 38.3. The Bertz CT molecular complexity index is 1540. The molecule has 0 fully saturated rings. The Morgan fingerprint density at radius 1 is 0.288 bits per heavy atom. The molecule has 0 aromatic rings. The van der Waals surface area contributed by atoms with Gasteiger partial charge >= 0.3 is 17.9 Å². The molecule has 0 amide bonds. The normalized spacial score (nSPS) is 13.0. The highest BCUT2D eigenvalue weighted by Gasteiger charge is 2.19. The third kappa shape index (κ3) is 58.6.